The molecule has 1 amide bonds. The maximum absolute atomic E-state index is 14.2. The second-order valence-electron chi connectivity index (χ2n) is 8.07. The molecular weight excluding hydrogens is 460 g/mol. The molecule has 0 spiro atoms. The van der Waals surface area contributed by atoms with E-state index in [2.05, 4.69) is 10.0 Å². The van der Waals surface area contributed by atoms with Gasteiger partial charge in [0.2, 0.25) is 15.9 Å². The van der Waals surface area contributed by atoms with Gasteiger partial charge in [-0.05, 0) is 55.9 Å². The second-order valence-corrected chi connectivity index (χ2v) is 9.75. The lowest BCUT2D eigenvalue weighted by Crippen LogP contribution is -2.49. The van der Waals surface area contributed by atoms with E-state index in [1.54, 1.807) is 36.4 Å². The van der Waals surface area contributed by atoms with Gasteiger partial charge in [0.05, 0.1) is 6.04 Å². The lowest BCUT2D eigenvalue weighted by molar-refractivity contribution is -0.122. The molecule has 0 aliphatic heterocycles. The van der Waals surface area contributed by atoms with Crippen molar-refractivity contribution in [3.05, 3.63) is 102 Å². The number of hydrogen-bond acceptors (Lipinski definition) is 4. The van der Waals surface area contributed by atoms with E-state index in [9.17, 15) is 22.0 Å². The summed E-state index contributed by atoms with van der Waals surface area (Å²) in [7, 11) is -0.661. The molecule has 2 N–H and O–H groups in total. The highest BCUT2D eigenvalue weighted by atomic mass is 32.2. The molecule has 6 nitrogen and oxygen atoms in total. The number of amides is 1. The van der Waals surface area contributed by atoms with Gasteiger partial charge in [-0.3, -0.25) is 4.79 Å². The summed E-state index contributed by atoms with van der Waals surface area (Å²) in [6.07, 6.45) is 0.0730. The van der Waals surface area contributed by atoms with Gasteiger partial charge in [-0.15, -0.1) is 0 Å². The van der Waals surface area contributed by atoms with E-state index < -0.39 is 32.7 Å². The topological polar surface area (TPSA) is 78.5 Å². The van der Waals surface area contributed by atoms with Crippen molar-refractivity contribution in [2.24, 2.45) is 0 Å². The van der Waals surface area contributed by atoms with Gasteiger partial charge in [-0.1, -0.05) is 54.6 Å². The molecule has 9 heteroatoms. The summed E-state index contributed by atoms with van der Waals surface area (Å²) in [6.45, 7) is 0.157. The Labute approximate surface area is 198 Å². The van der Waals surface area contributed by atoms with Crippen LogP contribution in [0.25, 0.3) is 0 Å². The molecule has 2 atom stereocenters. The van der Waals surface area contributed by atoms with Crippen molar-refractivity contribution >= 4 is 15.9 Å². The molecule has 3 rings (SSSR count). The number of rotatable bonds is 10. The third-order valence-corrected chi connectivity index (χ3v) is 6.88. The average molecular weight is 488 g/mol. The Balaban J connectivity index is 1.81. The minimum atomic E-state index is -4.31. The lowest BCUT2D eigenvalue weighted by atomic mass is 10.0. The van der Waals surface area contributed by atoms with Gasteiger partial charge < -0.3 is 10.2 Å². The number of hydrogen-bond donors (Lipinski definition) is 2. The van der Waals surface area contributed by atoms with Gasteiger partial charge in [0.15, 0.2) is 0 Å². The first-order chi connectivity index (χ1) is 16.2. The quantitative estimate of drug-likeness (QED) is 0.460. The maximum Gasteiger partial charge on any atom is 0.244 e. The number of carbonyl (C=O) groups excluding carboxylic acids is 1. The predicted octanol–water partition coefficient (Wildman–Crippen LogP) is 3.27. The summed E-state index contributed by atoms with van der Waals surface area (Å²) < 4.78 is 55.6. The summed E-state index contributed by atoms with van der Waals surface area (Å²) in [5.41, 5.74) is 1.53. The third-order valence-electron chi connectivity index (χ3n) is 5.37. The Morgan fingerprint density at radius 3 is 2.15 bits per heavy atom. The van der Waals surface area contributed by atoms with Crippen LogP contribution in [0.15, 0.2) is 83.8 Å². The number of benzene rings is 3. The summed E-state index contributed by atoms with van der Waals surface area (Å²) in [5.74, 6) is -1.83. The van der Waals surface area contributed by atoms with Gasteiger partial charge in [0, 0.05) is 6.54 Å². The molecular formula is C25H27F2N3O3S. The molecule has 0 radical (unpaired) electrons. The standard InChI is InChI=1S/C25H27F2N3O3S/c1-30(2)23(19-12-14-20(26)15-13-19)17-28-25(31)22(16-18-8-4-3-5-9-18)29-34(32,33)24-11-7-6-10-21(24)27/h3-15,22-23,29H,16-17H2,1-2H3,(H,28,31). The van der Waals surface area contributed by atoms with Crippen molar-refractivity contribution in [3.8, 4) is 0 Å². The zero-order valence-corrected chi connectivity index (χ0v) is 19.7. The van der Waals surface area contributed by atoms with E-state index in [4.69, 9.17) is 0 Å². The van der Waals surface area contributed by atoms with Crippen molar-refractivity contribution in [2.45, 2.75) is 23.4 Å². The fourth-order valence-corrected chi connectivity index (χ4v) is 4.83. The van der Waals surface area contributed by atoms with Crippen LogP contribution in [0.5, 0.6) is 0 Å². The van der Waals surface area contributed by atoms with Crippen LogP contribution in [0.1, 0.15) is 17.2 Å². The summed E-state index contributed by atoms with van der Waals surface area (Å²) in [5, 5.41) is 2.79. The zero-order valence-electron chi connectivity index (χ0n) is 18.9. The monoisotopic (exact) mass is 487 g/mol. The Morgan fingerprint density at radius 2 is 1.53 bits per heavy atom. The minimum absolute atomic E-state index is 0.0730. The SMILES string of the molecule is CN(C)C(CNC(=O)C(Cc1ccccc1)NS(=O)(=O)c1ccccc1F)c1ccc(F)cc1. The highest BCUT2D eigenvalue weighted by molar-refractivity contribution is 7.89. The van der Waals surface area contributed by atoms with Crippen LogP contribution in [0.4, 0.5) is 8.78 Å². The average Bonchev–Trinajstić information content (AvgIpc) is 2.80. The normalized spacial score (nSPS) is 13.4. The van der Waals surface area contributed by atoms with E-state index >= 15 is 0 Å². The third kappa shape index (κ3) is 6.69. The van der Waals surface area contributed by atoms with Crippen molar-refractivity contribution in [2.75, 3.05) is 20.6 Å². The smallest absolute Gasteiger partial charge is 0.244 e. The van der Waals surface area contributed by atoms with E-state index in [1.807, 2.05) is 25.1 Å². The van der Waals surface area contributed by atoms with Crippen molar-refractivity contribution in [3.63, 3.8) is 0 Å². The first kappa shape index (κ1) is 25.5. The predicted molar refractivity (Wildman–Crippen MR) is 126 cm³/mol. The van der Waals surface area contributed by atoms with Crippen LogP contribution in [0.3, 0.4) is 0 Å². The number of carbonyl (C=O) groups is 1. The molecule has 180 valence electrons. The van der Waals surface area contributed by atoms with Crippen LogP contribution in [-0.4, -0.2) is 45.9 Å². The molecule has 34 heavy (non-hydrogen) atoms. The maximum atomic E-state index is 14.2. The number of sulfonamides is 1. The van der Waals surface area contributed by atoms with Crippen LogP contribution >= 0.6 is 0 Å². The summed E-state index contributed by atoms with van der Waals surface area (Å²) in [6, 6.07) is 18.4. The van der Waals surface area contributed by atoms with Gasteiger partial charge in [0.25, 0.3) is 0 Å². The van der Waals surface area contributed by atoms with Gasteiger partial charge >= 0.3 is 0 Å². The highest BCUT2D eigenvalue weighted by Crippen LogP contribution is 2.19. The van der Waals surface area contributed by atoms with E-state index in [1.165, 1.54) is 24.3 Å². The molecule has 3 aromatic rings. The van der Waals surface area contributed by atoms with Crippen LogP contribution < -0.4 is 10.0 Å². The Bertz CT molecular complexity index is 1200. The Hall–Kier alpha value is -3.14. The minimum Gasteiger partial charge on any atom is -0.353 e. The molecule has 0 aliphatic rings. The van der Waals surface area contributed by atoms with Crippen LogP contribution in [0, 0.1) is 11.6 Å². The molecule has 0 aromatic heterocycles. The van der Waals surface area contributed by atoms with Crippen molar-refractivity contribution in [1.82, 2.24) is 14.9 Å². The number of nitrogens with zero attached hydrogens (tertiary/aromatic N) is 1. The first-order valence-corrected chi connectivity index (χ1v) is 12.2. The zero-order chi connectivity index (χ0) is 24.7. The second kappa shape index (κ2) is 11.3. The fourth-order valence-electron chi connectivity index (χ4n) is 3.56. The van der Waals surface area contributed by atoms with Gasteiger partial charge in [-0.2, -0.15) is 4.72 Å². The first-order valence-electron chi connectivity index (χ1n) is 10.7. The highest BCUT2D eigenvalue weighted by Gasteiger charge is 2.28. The van der Waals surface area contributed by atoms with Crippen molar-refractivity contribution in [1.29, 1.82) is 0 Å². The molecule has 2 unspecified atom stereocenters. The molecule has 3 aromatic carbocycles. The van der Waals surface area contributed by atoms with Crippen LogP contribution in [-0.2, 0) is 21.2 Å². The molecule has 0 heterocycles. The lowest BCUT2D eigenvalue weighted by Gasteiger charge is -2.26. The van der Waals surface area contributed by atoms with E-state index in [-0.39, 0.29) is 24.8 Å². The largest absolute Gasteiger partial charge is 0.353 e. The molecule has 0 saturated heterocycles. The number of nitrogens with one attached hydrogen (secondary N) is 2. The van der Waals surface area contributed by atoms with Crippen molar-refractivity contribution < 1.29 is 22.0 Å². The Morgan fingerprint density at radius 1 is 0.912 bits per heavy atom. The van der Waals surface area contributed by atoms with E-state index in [0.717, 1.165) is 23.3 Å². The molecule has 0 saturated carbocycles. The molecule has 0 aliphatic carbocycles. The number of halogens is 2. The van der Waals surface area contributed by atoms with E-state index in [0.29, 0.717) is 0 Å². The van der Waals surface area contributed by atoms with Gasteiger partial charge in [0.1, 0.15) is 22.6 Å². The summed E-state index contributed by atoms with van der Waals surface area (Å²) in [4.78, 5) is 14.5. The number of likely N-dealkylation sites (N-methyl/N-ethyl adjacent to an activating group) is 1. The van der Waals surface area contributed by atoms with Gasteiger partial charge in [-0.25, -0.2) is 17.2 Å². The fraction of sp³-hybridized carbons (Fsp3) is 0.240. The molecule has 0 fully saturated rings. The molecule has 0 bridgehead atoms. The Kier molecular flexibility index (Phi) is 8.49. The summed E-state index contributed by atoms with van der Waals surface area (Å²) >= 11 is 0. The van der Waals surface area contributed by atoms with Crippen LogP contribution in [0.2, 0.25) is 0 Å².